The first-order chi connectivity index (χ1) is 7.31. The van der Waals surface area contributed by atoms with Crippen molar-refractivity contribution in [2.75, 3.05) is 25.4 Å². The van der Waals surface area contributed by atoms with E-state index in [0.29, 0.717) is 0 Å². The van der Waals surface area contributed by atoms with Gasteiger partial charge in [0.15, 0.2) is 0 Å². The maximum Gasteiger partial charge on any atom is 0.0443 e. The number of nitrogens with two attached hydrogens (primary N) is 1. The minimum atomic E-state index is 0.271. The van der Waals surface area contributed by atoms with Crippen molar-refractivity contribution in [1.29, 1.82) is 0 Å². The van der Waals surface area contributed by atoms with Crippen LogP contribution in [0.4, 0.5) is 5.69 Å². The van der Waals surface area contributed by atoms with E-state index in [2.05, 4.69) is 11.0 Å². The molecule has 0 saturated heterocycles. The Kier molecular flexibility index (Phi) is 3.23. The van der Waals surface area contributed by atoms with Crippen LogP contribution in [-0.2, 0) is 13.0 Å². The first-order valence-electron chi connectivity index (χ1n) is 5.50. The van der Waals surface area contributed by atoms with Crippen LogP contribution < -0.4 is 5.73 Å². The van der Waals surface area contributed by atoms with E-state index in [1.54, 1.807) is 0 Å². The molecule has 3 heteroatoms. The Morgan fingerprint density at radius 2 is 2.27 bits per heavy atom. The van der Waals surface area contributed by atoms with Gasteiger partial charge in [-0.3, -0.25) is 4.90 Å². The maximum atomic E-state index is 8.80. The first-order valence-corrected chi connectivity index (χ1v) is 5.50. The van der Waals surface area contributed by atoms with Gasteiger partial charge in [0.25, 0.3) is 0 Å². The standard InChI is InChI=1S/C12H18N2O/c13-12-4-1-3-10-5-7-14(6-2-8-15)9-11(10)12/h1,3-4,15H,2,5-9,13H2. The minimum Gasteiger partial charge on any atom is -0.398 e. The minimum absolute atomic E-state index is 0.271. The summed E-state index contributed by atoms with van der Waals surface area (Å²) in [4.78, 5) is 2.36. The summed E-state index contributed by atoms with van der Waals surface area (Å²) in [5.41, 5.74) is 9.52. The number of nitrogen functional groups attached to an aromatic ring is 1. The Balaban J connectivity index is 2.08. The van der Waals surface area contributed by atoms with Crippen LogP contribution in [0, 0.1) is 0 Å². The Morgan fingerprint density at radius 3 is 3.07 bits per heavy atom. The van der Waals surface area contributed by atoms with Gasteiger partial charge in [-0.15, -0.1) is 0 Å². The molecule has 1 aromatic carbocycles. The van der Waals surface area contributed by atoms with Gasteiger partial charge in [0, 0.05) is 31.9 Å². The Labute approximate surface area is 90.5 Å². The zero-order valence-electron chi connectivity index (χ0n) is 8.95. The SMILES string of the molecule is Nc1cccc2c1CN(CCCO)CC2. The number of aliphatic hydroxyl groups is 1. The van der Waals surface area contributed by atoms with Crippen LogP contribution in [0.1, 0.15) is 17.5 Å². The van der Waals surface area contributed by atoms with Crippen molar-refractivity contribution in [3.8, 4) is 0 Å². The van der Waals surface area contributed by atoms with Crippen LogP contribution in [0.15, 0.2) is 18.2 Å². The lowest BCUT2D eigenvalue weighted by atomic mass is 9.98. The van der Waals surface area contributed by atoms with Gasteiger partial charge in [-0.05, 0) is 30.0 Å². The van der Waals surface area contributed by atoms with Crippen LogP contribution in [0.5, 0.6) is 0 Å². The van der Waals surface area contributed by atoms with E-state index in [1.165, 1.54) is 11.1 Å². The summed E-state index contributed by atoms with van der Waals surface area (Å²) >= 11 is 0. The van der Waals surface area contributed by atoms with E-state index >= 15 is 0 Å². The van der Waals surface area contributed by atoms with Crippen LogP contribution in [-0.4, -0.2) is 29.7 Å². The Bertz CT molecular complexity index is 338. The Morgan fingerprint density at radius 1 is 1.40 bits per heavy atom. The molecule has 1 aliphatic rings. The molecule has 1 aromatic rings. The average molecular weight is 206 g/mol. The second kappa shape index (κ2) is 4.64. The number of nitrogens with zero attached hydrogens (tertiary/aromatic N) is 1. The van der Waals surface area contributed by atoms with Gasteiger partial charge in [-0.25, -0.2) is 0 Å². The molecule has 0 saturated carbocycles. The van der Waals surface area contributed by atoms with Crippen molar-refractivity contribution in [3.63, 3.8) is 0 Å². The molecule has 0 aliphatic carbocycles. The molecule has 0 aromatic heterocycles. The smallest absolute Gasteiger partial charge is 0.0443 e. The highest BCUT2D eigenvalue weighted by Gasteiger charge is 2.16. The number of benzene rings is 1. The van der Waals surface area contributed by atoms with Crippen molar-refractivity contribution >= 4 is 5.69 Å². The fraction of sp³-hybridized carbons (Fsp3) is 0.500. The van der Waals surface area contributed by atoms with Gasteiger partial charge >= 0.3 is 0 Å². The molecule has 1 heterocycles. The molecule has 0 spiro atoms. The van der Waals surface area contributed by atoms with Crippen molar-refractivity contribution in [2.45, 2.75) is 19.4 Å². The van der Waals surface area contributed by atoms with E-state index in [-0.39, 0.29) is 6.61 Å². The highest BCUT2D eigenvalue weighted by Crippen LogP contribution is 2.23. The molecular weight excluding hydrogens is 188 g/mol. The summed E-state index contributed by atoms with van der Waals surface area (Å²) < 4.78 is 0. The predicted molar refractivity (Wildman–Crippen MR) is 61.5 cm³/mol. The summed E-state index contributed by atoms with van der Waals surface area (Å²) in [5.74, 6) is 0. The third kappa shape index (κ3) is 2.30. The molecule has 0 fully saturated rings. The molecule has 0 bridgehead atoms. The zero-order valence-corrected chi connectivity index (χ0v) is 8.95. The average Bonchev–Trinajstić information content (AvgIpc) is 2.27. The first kappa shape index (κ1) is 10.5. The molecule has 3 nitrogen and oxygen atoms in total. The number of aliphatic hydroxyl groups excluding tert-OH is 1. The van der Waals surface area contributed by atoms with Crippen molar-refractivity contribution < 1.29 is 5.11 Å². The molecule has 0 unspecified atom stereocenters. The van der Waals surface area contributed by atoms with Crippen molar-refractivity contribution in [3.05, 3.63) is 29.3 Å². The lowest BCUT2D eigenvalue weighted by molar-refractivity contribution is 0.212. The van der Waals surface area contributed by atoms with E-state index in [1.807, 2.05) is 12.1 Å². The summed E-state index contributed by atoms with van der Waals surface area (Å²) in [6.45, 7) is 3.25. The predicted octanol–water partition coefficient (Wildman–Crippen LogP) is 1.01. The number of rotatable bonds is 3. The van der Waals surface area contributed by atoms with E-state index < -0.39 is 0 Å². The summed E-state index contributed by atoms with van der Waals surface area (Å²) in [6, 6.07) is 6.15. The maximum absolute atomic E-state index is 8.80. The molecule has 3 N–H and O–H groups in total. The molecule has 82 valence electrons. The second-order valence-electron chi connectivity index (χ2n) is 4.09. The number of hydrogen-bond acceptors (Lipinski definition) is 3. The molecule has 1 aliphatic heterocycles. The van der Waals surface area contributed by atoms with Gasteiger partial charge in [0.05, 0.1) is 0 Å². The molecule has 2 rings (SSSR count). The molecule has 0 radical (unpaired) electrons. The fourth-order valence-corrected chi connectivity index (χ4v) is 2.15. The molecule has 0 amide bonds. The second-order valence-corrected chi connectivity index (χ2v) is 4.09. The lowest BCUT2D eigenvalue weighted by Crippen LogP contribution is -2.32. The van der Waals surface area contributed by atoms with Crippen molar-refractivity contribution in [1.82, 2.24) is 4.90 Å². The van der Waals surface area contributed by atoms with E-state index in [0.717, 1.165) is 38.2 Å². The quantitative estimate of drug-likeness (QED) is 0.726. The van der Waals surface area contributed by atoms with Gasteiger partial charge in [-0.2, -0.15) is 0 Å². The highest BCUT2D eigenvalue weighted by molar-refractivity contribution is 5.51. The van der Waals surface area contributed by atoms with Gasteiger partial charge in [-0.1, -0.05) is 12.1 Å². The van der Waals surface area contributed by atoms with E-state index in [4.69, 9.17) is 10.8 Å². The summed E-state index contributed by atoms with van der Waals surface area (Å²) in [5, 5.41) is 8.80. The third-order valence-corrected chi connectivity index (χ3v) is 3.02. The van der Waals surface area contributed by atoms with Crippen LogP contribution in [0.25, 0.3) is 0 Å². The topological polar surface area (TPSA) is 49.5 Å². The van der Waals surface area contributed by atoms with Gasteiger partial charge < -0.3 is 10.8 Å². The summed E-state index contributed by atoms with van der Waals surface area (Å²) in [6.07, 6.45) is 1.92. The monoisotopic (exact) mass is 206 g/mol. The number of fused-ring (bicyclic) bond motifs is 1. The molecular formula is C12H18N2O. The Hall–Kier alpha value is -1.06. The highest BCUT2D eigenvalue weighted by atomic mass is 16.3. The number of hydrogen-bond donors (Lipinski definition) is 2. The van der Waals surface area contributed by atoms with Crippen molar-refractivity contribution in [2.24, 2.45) is 0 Å². The van der Waals surface area contributed by atoms with E-state index in [9.17, 15) is 0 Å². The van der Waals surface area contributed by atoms with Crippen LogP contribution >= 0.6 is 0 Å². The molecule has 0 atom stereocenters. The summed E-state index contributed by atoms with van der Waals surface area (Å²) in [7, 11) is 0. The van der Waals surface area contributed by atoms with Gasteiger partial charge in [0.1, 0.15) is 0 Å². The number of anilines is 1. The molecule has 15 heavy (non-hydrogen) atoms. The third-order valence-electron chi connectivity index (χ3n) is 3.02. The fourth-order valence-electron chi connectivity index (χ4n) is 2.15. The van der Waals surface area contributed by atoms with Crippen LogP contribution in [0.3, 0.4) is 0 Å². The van der Waals surface area contributed by atoms with Gasteiger partial charge in [0.2, 0.25) is 0 Å². The zero-order chi connectivity index (χ0) is 10.7. The van der Waals surface area contributed by atoms with Crippen LogP contribution in [0.2, 0.25) is 0 Å². The largest absolute Gasteiger partial charge is 0.398 e. The lowest BCUT2D eigenvalue weighted by Gasteiger charge is -2.29. The normalized spacial score (nSPS) is 16.3.